The summed E-state index contributed by atoms with van der Waals surface area (Å²) in [6, 6.07) is 3.62. The van der Waals surface area contributed by atoms with Gasteiger partial charge in [0.1, 0.15) is 0 Å². The highest BCUT2D eigenvalue weighted by Crippen LogP contribution is 2.59. The van der Waals surface area contributed by atoms with E-state index in [-0.39, 0.29) is 0 Å². The van der Waals surface area contributed by atoms with Crippen LogP contribution in [0.2, 0.25) is 0 Å². The average Bonchev–Trinajstić information content (AvgIpc) is 3.72. The van der Waals surface area contributed by atoms with Crippen LogP contribution < -0.4 is 10.6 Å². The number of hydrogen-bond acceptors (Lipinski definition) is 4. The molecule has 3 saturated heterocycles. The number of nitrogens with one attached hydrogen (secondary N) is 2. The van der Waals surface area contributed by atoms with Gasteiger partial charge in [-0.15, -0.1) is 0 Å². The van der Waals surface area contributed by atoms with Crippen LogP contribution in [0.1, 0.15) is 103 Å². The van der Waals surface area contributed by atoms with Gasteiger partial charge >= 0.3 is 0 Å². The van der Waals surface area contributed by atoms with Gasteiger partial charge in [0.2, 0.25) is 0 Å². The summed E-state index contributed by atoms with van der Waals surface area (Å²) in [7, 11) is 0. The molecule has 0 spiro atoms. The number of rotatable bonds is 4. The van der Waals surface area contributed by atoms with Crippen LogP contribution in [0.5, 0.6) is 0 Å². The van der Waals surface area contributed by atoms with E-state index in [9.17, 15) is 0 Å². The maximum Gasteiger partial charge on any atom is 0.0588 e. The lowest BCUT2D eigenvalue weighted by Crippen LogP contribution is -2.68. The monoisotopic (exact) mass is 694 g/mol. The summed E-state index contributed by atoms with van der Waals surface area (Å²) < 4.78 is 0. The van der Waals surface area contributed by atoms with Crippen LogP contribution in [0.3, 0.4) is 0 Å². The van der Waals surface area contributed by atoms with E-state index < -0.39 is 0 Å². The van der Waals surface area contributed by atoms with Gasteiger partial charge in [0.15, 0.2) is 0 Å². The van der Waals surface area contributed by atoms with Crippen molar-refractivity contribution in [1.82, 2.24) is 20.4 Å². The van der Waals surface area contributed by atoms with E-state index in [4.69, 9.17) is 0 Å². The van der Waals surface area contributed by atoms with Gasteiger partial charge in [0.05, 0.1) is 18.1 Å². The molecule has 4 fully saturated rings. The Morgan fingerprint density at radius 1 is 0.654 bits per heavy atom. The molecule has 8 aliphatic carbocycles. The van der Waals surface area contributed by atoms with Crippen LogP contribution in [0.4, 0.5) is 0 Å². The van der Waals surface area contributed by atoms with Gasteiger partial charge in [0.25, 0.3) is 0 Å². The zero-order valence-corrected chi connectivity index (χ0v) is 31.4. The maximum absolute atomic E-state index is 4.28. The lowest BCUT2D eigenvalue weighted by Gasteiger charge is -2.49. The number of allylic oxidation sites excluding steroid dienone is 12. The minimum atomic E-state index is 0.454. The molecule has 11 aliphatic rings. The zero-order valence-electron chi connectivity index (χ0n) is 31.4. The zero-order chi connectivity index (χ0) is 34.2. The van der Waals surface area contributed by atoms with Crippen molar-refractivity contribution in [3.05, 3.63) is 108 Å². The predicted octanol–water partition coefficient (Wildman–Crippen LogP) is 9.41. The quantitative estimate of drug-likeness (QED) is 0.287. The first-order valence-electron chi connectivity index (χ1n) is 22.1. The van der Waals surface area contributed by atoms with E-state index in [0.29, 0.717) is 60.0 Å². The highest BCUT2D eigenvalue weighted by molar-refractivity contribution is 5.41. The first-order chi connectivity index (χ1) is 25.8. The largest absolute Gasteiger partial charge is 0.362 e. The number of nitrogens with zero attached hydrogens (tertiary/aromatic N) is 2. The van der Waals surface area contributed by atoms with E-state index in [2.05, 4.69) is 105 Å². The maximum atomic E-state index is 4.28. The van der Waals surface area contributed by atoms with E-state index in [0.717, 1.165) is 30.1 Å². The summed E-state index contributed by atoms with van der Waals surface area (Å²) in [5.74, 6) is 4.97. The van der Waals surface area contributed by atoms with Crippen molar-refractivity contribution in [2.75, 3.05) is 0 Å². The Bertz CT molecular complexity index is 1680. The molecule has 0 aromatic heterocycles. The normalized spacial score (nSPS) is 44.8. The number of hydrogen-bond donors (Lipinski definition) is 2. The molecule has 0 radical (unpaired) electrons. The van der Waals surface area contributed by atoms with E-state index >= 15 is 0 Å². The molecule has 0 aromatic rings. The summed E-state index contributed by atoms with van der Waals surface area (Å²) in [4.78, 5) is 5.87. The second kappa shape index (κ2) is 13.5. The molecule has 4 heteroatoms. The topological polar surface area (TPSA) is 30.5 Å². The Hall–Kier alpha value is -2.82. The van der Waals surface area contributed by atoms with Crippen molar-refractivity contribution in [1.29, 1.82) is 0 Å². The third-order valence-electron chi connectivity index (χ3n) is 16.1. The summed E-state index contributed by atoms with van der Waals surface area (Å²) in [6.07, 6.45) is 56.8. The Balaban J connectivity index is 0.941. The molecule has 0 amide bonds. The molecule has 13 atom stereocenters. The Labute approximate surface area is 313 Å². The molecule has 4 nitrogen and oxygen atoms in total. The Kier molecular flexibility index (Phi) is 8.45. The molecule has 2 N–H and O–H groups in total. The number of piperazine rings is 1. The van der Waals surface area contributed by atoms with E-state index in [1.807, 2.05) is 0 Å². The molecule has 3 aliphatic heterocycles. The highest BCUT2D eigenvalue weighted by Gasteiger charge is 2.58. The van der Waals surface area contributed by atoms with Gasteiger partial charge in [-0.2, -0.15) is 0 Å². The second-order valence-electron chi connectivity index (χ2n) is 18.6. The molecule has 0 aromatic carbocycles. The van der Waals surface area contributed by atoms with E-state index in [1.54, 1.807) is 22.7 Å². The van der Waals surface area contributed by atoms with Crippen LogP contribution in [-0.2, 0) is 0 Å². The molecule has 3 heterocycles. The molecule has 13 unspecified atom stereocenters. The molecule has 11 rings (SSSR count). The summed E-state index contributed by atoms with van der Waals surface area (Å²) in [5.41, 5.74) is 6.55. The fourth-order valence-electron chi connectivity index (χ4n) is 13.9. The lowest BCUT2D eigenvalue weighted by atomic mass is 9.62. The van der Waals surface area contributed by atoms with Crippen molar-refractivity contribution in [2.45, 2.75) is 145 Å². The second-order valence-corrected chi connectivity index (χ2v) is 18.6. The number of fused-ring (bicyclic) bond motifs is 9. The third-order valence-corrected chi connectivity index (χ3v) is 16.1. The van der Waals surface area contributed by atoms with Crippen molar-refractivity contribution in [3.8, 4) is 0 Å². The van der Waals surface area contributed by atoms with Gasteiger partial charge in [-0.3, -0.25) is 0 Å². The van der Waals surface area contributed by atoms with Crippen LogP contribution >= 0.6 is 0 Å². The lowest BCUT2D eigenvalue weighted by molar-refractivity contribution is 0.160. The van der Waals surface area contributed by atoms with Crippen LogP contribution in [0.15, 0.2) is 108 Å². The predicted molar refractivity (Wildman–Crippen MR) is 213 cm³/mol. The first-order valence-corrected chi connectivity index (χ1v) is 22.1. The van der Waals surface area contributed by atoms with Crippen LogP contribution in [0, 0.1) is 41.4 Å². The highest BCUT2D eigenvalue weighted by atomic mass is 15.3. The van der Waals surface area contributed by atoms with Gasteiger partial charge < -0.3 is 20.4 Å². The van der Waals surface area contributed by atoms with Gasteiger partial charge in [-0.1, -0.05) is 97.7 Å². The van der Waals surface area contributed by atoms with Crippen LogP contribution in [0.25, 0.3) is 0 Å². The molecule has 52 heavy (non-hydrogen) atoms. The van der Waals surface area contributed by atoms with Gasteiger partial charge in [0, 0.05) is 53.1 Å². The smallest absolute Gasteiger partial charge is 0.0588 e. The molecular weight excluding hydrogens is 633 g/mol. The fraction of sp³-hybridized carbons (Fsp3) is 0.625. The van der Waals surface area contributed by atoms with Crippen molar-refractivity contribution >= 4 is 0 Å². The standard InChI is InChI=1S/C48H62N4/c1-3-14-32(15-4-1)47-48(50-41-21-11-10-20-40(41)49-47)33-23-26-35(27-24-33)51-42-22-12-9-19-37(42)38-29-39-45(30-44(38)51)52(34-16-5-2-6-17-34)43-28-25-31-13-7-8-18-36(31)46(39)43/h7,9-10,12-13,16,19-20,22-23,25-26,28,30-32,36-43,45-50H,1-6,8,11,14-15,17-18,21,24,27,29H2. The van der Waals surface area contributed by atoms with Crippen LogP contribution in [-0.4, -0.2) is 52.1 Å². The van der Waals surface area contributed by atoms with Gasteiger partial charge in [-0.05, 0) is 125 Å². The molecule has 1 saturated carbocycles. The molecule has 0 bridgehead atoms. The minimum absolute atomic E-state index is 0.454. The summed E-state index contributed by atoms with van der Waals surface area (Å²) >= 11 is 0. The number of likely N-dealkylation sites (tertiary alicyclic amines) is 2. The summed E-state index contributed by atoms with van der Waals surface area (Å²) in [5, 5.41) is 8.51. The fourth-order valence-corrected chi connectivity index (χ4v) is 13.9. The van der Waals surface area contributed by atoms with Crippen molar-refractivity contribution in [3.63, 3.8) is 0 Å². The van der Waals surface area contributed by atoms with Crippen molar-refractivity contribution < 1.29 is 0 Å². The summed E-state index contributed by atoms with van der Waals surface area (Å²) in [6.45, 7) is 0. The first kappa shape index (κ1) is 32.6. The minimum Gasteiger partial charge on any atom is -0.362 e. The molecular formula is C48H62N4. The van der Waals surface area contributed by atoms with Gasteiger partial charge in [-0.25, -0.2) is 0 Å². The molecule has 274 valence electrons. The third kappa shape index (κ3) is 5.35. The Morgan fingerprint density at radius 2 is 1.56 bits per heavy atom. The van der Waals surface area contributed by atoms with Crippen molar-refractivity contribution in [2.24, 2.45) is 41.4 Å². The van der Waals surface area contributed by atoms with E-state index in [1.165, 1.54) is 96.3 Å². The SMILES string of the molecule is C1=CC2C3CC4C5C6CCC=CC6C=CC5N(C5=CCCCC5)C4C=C3N(C3=CC=C(C4NC5CCC=CC5NC4C4CCCCC4)CC3)C2C=C1. The Morgan fingerprint density at radius 3 is 2.44 bits per heavy atom. The average molecular weight is 695 g/mol.